The second kappa shape index (κ2) is 5.60. The van der Waals surface area contributed by atoms with E-state index in [0.717, 1.165) is 31.9 Å². The van der Waals surface area contributed by atoms with Gasteiger partial charge in [-0.1, -0.05) is 13.8 Å². The number of aromatic nitrogens is 2. The van der Waals surface area contributed by atoms with Gasteiger partial charge in [0.05, 0.1) is 12.0 Å². The summed E-state index contributed by atoms with van der Waals surface area (Å²) >= 11 is 0. The molecule has 2 atom stereocenters. The van der Waals surface area contributed by atoms with Crippen molar-refractivity contribution in [2.45, 2.75) is 51.7 Å². The molecule has 1 aliphatic heterocycles. The van der Waals surface area contributed by atoms with E-state index in [4.69, 9.17) is 9.15 Å². The van der Waals surface area contributed by atoms with Crippen LogP contribution in [0.4, 0.5) is 0 Å². The molecule has 5 nitrogen and oxygen atoms in total. The topological polar surface area (TPSA) is 60.2 Å². The first kappa shape index (κ1) is 12.5. The van der Waals surface area contributed by atoms with E-state index in [0.29, 0.717) is 11.9 Å². The van der Waals surface area contributed by atoms with Crippen LogP contribution >= 0.6 is 0 Å². The summed E-state index contributed by atoms with van der Waals surface area (Å²) in [5.41, 5.74) is 0. The first-order valence-corrected chi connectivity index (χ1v) is 6.34. The van der Waals surface area contributed by atoms with E-state index in [9.17, 15) is 0 Å². The van der Waals surface area contributed by atoms with E-state index in [1.165, 1.54) is 0 Å². The quantitative estimate of drug-likeness (QED) is 0.843. The Morgan fingerprint density at radius 2 is 2.24 bits per heavy atom. The number of ether oxygens (including phenoxy) is 1. The summed E-state index contributed by atoms with van der Waals surface area (Å²) in [4.78, 5) is 0. The Hall–Kier alpha value is -0.940. The molecule has 1 aromatic rings. The van der Waals surface area contributed by atoms with Crippen LogP contribution in [0.2, 0.25) is 0 Å². The zero-order valence-corrected chi connectivity index (χ0v) is 10.8. The normalized spacial score (nSPS) is 24.7. The lowest BCUT2D eigenvalue weighted by molar-refractivity contribution is 0.114. The van der Waals surface area contributed by atoms with Crippen LogP contribution in [0, 0.1) is 0 Å². The maximum atomic E-state index is 5.68. The lowest BCUT2D eigenvalue weighted by Gasteiger charge is -2.08. The average molecular weight is 239 g/mol. The standard InChI is InChI=1S/C12H21N3O2/c1-8(2)13-6-4-11-14-15-12(17-11)10-5-7-16-9(10)3/h8-10,13H,4-7H2,1-3H3. The van der Waals surface area contributed by atoms with Crippen molar-refractivity contribution in [1.82, 2.24) is 15.5 Å². The SMILES string of the molecule is CC(C)NCCc1nnc(C2CCOC2C)o1. The first-order chi connectivity index (χ1) is 8.16. The fraction of sp³-hybridized carbons (Fsp3) is 0.833. The lowest BCUT2D eigenvalue weighted by atomic mass is 10.0. The monoisotopic (exact) mass is 239 g/mol. The van der Waals surface area contributed by atoms with Crippen LogP contribution in [0.15, 0.2) is 4.42 Å². The lowest BCUT2D eigenvalue weighted by Crippen LogP contribution is -2.25. The molecule has 0 saturated carbocycles. The van der Waals surface area contributed by atoms with Crippen molar-refractivity contribution < 1.29 is 9.15 Å². The van der Waals surface area contributed by atoms with Crippen LogP contribution in [0.1, 0.15) is 44.9 Å². The fourth-order valence-corrected chi connectivity index (χ4v) is 2.04. The Bertz CT molecular complexity index is 351. The van der Waals surface area contributed by atoms with Gasteiger partial charge >= 0.3 is 0 Å². The molecule has 2 unspecified atom stereocenters. The van der Waals surface area contributed by atoms with Gasteiger partial charge < -0.3 is 14.5 Å². The summed E-state index contributed by atoms with van der Waals surface area (Å²) in [6, 6.07) is 0.487. The summed E-state index contributed by atoms with van der Waals surface area (Å²) < 4.78 is 11.2. The highest BCUT2D eigenvalue weighted by molar-refractivity contribution is 4.97. The number of hydrogen-bond donors (Lipinski definition) is 1. The van der Waals surface area contributed by atoms with Crippen LogP contribution in [0.5, 0.6) is 0 Å². The molecule has 1 aliphatic rings. The zero-order valence-electron chi connectivity index (χ0n) is 10.8. The largest absolute Gasteiger partial charge is 0.425 e. The minimum Gasteiger partial charge on any atom is -0.425 e. The Morgan fingerprint density at radius 3 is 2.88 bits per heavy atom. The number of nitrogens with zero attached hydrogens (tertiary/aromatic N) is 2. The molecule has 2 heterocycles. The van der Waals surface area contributed by atoms with E-state index in [1.54, 1.807) is 0 Å². The minimum absolute atomic E-state index is 0.192. The van der Waals surface area contributed by atoms with Crippen LogP contribution in [-0.2, 0) is 11.2 Å². The van der Waals surface area contributed by atoms with E-state index in [-0.39, 0.29) is 12.0 Å². The van der Waals surface area contributed by atoms with Gasteiger partial charge in [-0.3, -0.25) is 0 Å². The van der Waals surface area contributed by atoms with Crippen LogP contribution < -0.4 is 5.32 Å². The van der Waals surface area contributed by atoms with Crippen molar-refractivity contribution in [3.8, 4) is 0 Å². The third kappa shape index (κ3) is 3.26. The van der Waals surface area contributed by atoms with Gasteiger partial charge in [-0.15, -0.1) is 10.2 Å². The molecule has 0 amide bonds. The van der Waals surface area contributed by atoms with Crippen molar-refractivity contribution in [3.05, 3.63) is 11.8 Å². The van der Waals surface area contributed by atoms with Crippen molar-refractivity contribution in [3.63, 3.8) is 0 Å². The molecular weight excluding hydrogens is 218 g/mol. The molecule has 96 valence electrons. The molecule has 0 spiro atoms. The van der Waals surface area contributed by atoms with E-state index >= 15 is 0 Å². The molecule has 2 rings (SSSR count). The van der Waals surface area contributed by atoms with Gasteiger partial charge in [0.15, 0.2) is 0 Å². The Labute approximate surface area is 102 Å². The van der Waals surface area contributed by atoms with Gasteiger partial charge in [0.2, 0.25) is 11.8 Å². The number of nitrogens with one attached hydrogen (secondary N) is 1. The first-order valence-electron chi connectivity index (χ1n) is 6.34. The summed E-state index contributed by atoms with van der Waals surface area (Å²) in [6.45, 7) is 7.96. The molecule has 17 heavy (non-hydrogen) atoms. The molecule has 0 aromatic carbocycles. The van der Waals surface area contributed by atoms with Gasteiger partial charge in [0.25, 0.3) is 0 Å². The van der Waals surface area contributed by atoms with Crippen LogP contribution in [-0.4, -0.2) is 35.5 Å². The summed E-state index contributed by atoms with van der Waals surface area (Å²) in [5.74, 6) is 1.72. The second-order valence-electron chi connectivity index (χ2n) is 4.86. The molecule has 0 radical (unpaired) electrons. The summed E-state index contributed by atoms with van der Waals surface area (Å²) in [7, 11) is 0. The maximum Gasteiger partial charge on any atom is 0.222 e. The second-order valence-corrected chi connectivity index (χ2v) is 4.86. The molecule has 5 heteroatoms. The van der Waals surface area contributed by atoms with Crippen molar-refractivity contribution in [1.29, 1.82) is 0 Å². The molecular formula is C12H21N3O2. The Kier molecular flexibility index (Phi) is 4.12. The van der Waals surface area contributed by atoms with E-state index < -0.39 is 0 Å². The zero-order chi connectivity index (χ0) is 12.3. The molecule has 0 bridgehead atoms. The van der Waals surface area contributed by atoms with Crippen LogP contribution in [0.25, 0.3) is 0 Å². The van der Waals surface area contributed by atoms with Gasteiger partial charge in [-0.2, -0.15) is 0 Å². The summed E-state index contributed by atoms with van der Waals surface area (Å²) in [5, 5.41) is 11.5. The van der Waals surface area contributed by atoms with Crippen molar-refractivity contribution in [2.24, 2.45) is 0 Å². The van der Waals surface area contributed by atoms with Gasteiger partial charge in [-0.25, -0.2) is 0 Å². The van der Waals surface area contributed by atoms with Gasteiger partial charge in [-0.05, 0) is 13.3 Å². The predicted molar refractivity (Wildman–Crippen MR) is 63.9 cm³/mol. The maximum absolute atomic E-state index is 5.68. The number of hydrogen-bond acceptors (Lipinski definition) is 5. The number of rotatable bonds is 5. The Balaban J connectivity index is 1.87. The van der Waals surface area contributed by atoms with Gasteiger partial charge in [0, 0.05) is 25.6 Å². The Morgan fingerprint density at radius 1 is 1.41 bits per heavy atom. The van der Waals surface area contributed by atoms with E-state index in [1.807, 2.05) is 0 Å². The summed E-state index contributed by atoms with van der Waals surface area (Å²) in [6.07, 6.45) is 1.96. The molecule has 0 aliphatic carbocycles. The molecule has 1 saturated heterocycles. The third-order valence-electron chi connectivity index (χ3n) is 3.07. The minimum atomic E-state index is 0.192. The molecule has 1 aromatic heterocycles. The van der Waals surface area contributed by atoms with Gasteiger partial charge in [0.1, 0.15) is 0 Å². The highest BCUT2D eigenvalue weighted by Gasteiger charge is 2.30. The highest BCUT2D eigenvalue weighted by Crippen LogP contribution is 2.29. The predicted octanol–water partition coefficient (Wildman–Crippen LogP) is 1.50. The third-order valence-corrected chi connectivity index (χ3v) is 3.07. The van der Waals surface area contributed by atoms with Crippen molar-refractivity contribution >= 4 is 0 Å². The molecule has 1 N–H and O–H groups in total. The fourth-order valence-electron chi connectivity index (χ4n) is 2.04. The van der Waals surface area contributed by atoms with Crippen molar-refractivity contribution in [2.75, 3.05) is 13.2 Å². The van der Waals surface area contributed by atoms with Crippen LogP contribution in [0.3, 0.4) is 0 Å². The average Bonchev–Trinajstić information content (AvgIpc) is 2.86. The highest BCUT2D eigenvalue weighted by atomic mass is 16.5. The smallest absolute Gasteiger partial charge is 0.222 e. The van der Waals surface area contributed by atoms with E-state index in [2.05, 4.69) is 36.3 Å². The molecule has 1 fully saturated rings.